The van der Waals surface area contributed by atoms with Crippen LogP contribution in [0.1, 0.15) is 23.8 Å². The quantitative estimate of drug-likeness (QED) is 0.587. The molecule has 0 bridgehead atoms. The zero-order chi connectivity index (χ0) is 19.0. The van der Waals surface area contributed by atoms with Gasteiger partial charge < -0.3 is 4.42 Å². The molecule has 27 heavy (non-hydrogen) atoms. The van der Waals surface area contributed by atoms with E-state index < -0.39 is 16.1 Å². The molecule has 0 fully saturated rings. The Hall–Kier alpha value is -2.28. The van der Waals surface area contributed by atoms with E-state index in [4.69, 9.17) is 27.6 Å². The standard InChI is InChI=1S/C19H14Cl2N2O3S/c20-14-8-6-13(7-9-14)18-12-17(19-5-2-10-26-19)22-23(18)27(24,25)16-4-1-3-15(21)11-16/h1-11,18H,12H2. The van der Waals surface area contributed by atoms with Crippen LogP contribution in [0.25, 0.3) is 0 Å². The lowest BCUT2D eigenvalue weighted by atomic mass is 10.0. The van der Waals surface area contributed by atoms with Crippen LogP contribution in [0.5, 0.6) is 0 Å². The molecule has 1 aromatic heterocycles. The van der Waals surface area contributed by atoms with Gasteiger partial charge in [-0.15, -0.1) is 0 Å². The highest BCUT2D eigenvalue weighted by molar-refractivity contribution is 7.89. The molecule has 4 rings (SSSR count). The van der Waals surface area contributed by atoms with Crippen molar-refractivity contribution in [1.29, 1.82) is 0 Å². The Bertz CT molecular complexity index is 1090. The van der Waals surface area contributed by atoms with Crippen molar-refractivity contribution in [3.05, 3.63) is 88.3 Å². The highest BCUT2D eigenvalue weighted by atomic mass is 35.5. The molecule has 1 aliphatic heterocycles. The van der Waals surface area contributed by atoms with Crippen molar-refractivity contribution >= 4 is 38.9 Å². The number of nitrogens with zero attached hydrogens (tertiary/aromatic N) is 2. The van der Waals surface area contributed by atoms with Crippen LogP contribution in [0, 0.1) is 0 Å². The van der Waals surface area contributed by atoms with E-state index in [1.54, 1.807) is 48.5 Å². The lowest BCUT2D eigenvalue weighted by Gasteiger charge is -2.23. The van der Waals surface area contributed by atoms with E-state index in [0.717, 1.165) is 9.98 Å². The number of hydrogen-bond acceptors (Lipinski definition) is 4. The van der Waals surface area contributed by atoms with Gasteiger partial charge in [0.05, 0.1) is 17.2 Å². The molecule has 1 unspecified atom stereocenters. The Balaban J connectivity index is 1.80. The molecule has 0 N–H and O–H groups in total. The molecule has 0 amide bonds. The molecule has 138 valence electrons. The summed E-state index contributed by atoms with van der Waals surface area (Å²) in [6.45, 7) is 0. The smallest absolute Gasteiger partial charge is 0.279 e. The van der Waals surface area contributed by atoms with Gasteiger partial charge in [-0.05, 0) is 48.0 Å². The molecule has 3 aromatic rings. The molecular weight excluding hydrogens is 407 g/mol. The predicted octanol–water partition coefficient (Wildman–Crippen LogP) is 5.13. The zero-order valence-electron chi connectivity index (χ0n) is 13.9. The van der Waals surface area contributed by atoms with Gasteiger partial charge in [0.1, 0.15) is 11.5 Å². The normalized spacial score (nSPS) is 17.2. The highest BCUT2D eigenvalue weighted by Gasteiger charge is 2.38. The van der Waals surface area contributed by atoms with Crippen LogP contribution in [0.4, 0.5) is 0 Å². The second-order valence-electron chi connectivity index (χ2n) is 6.03. The third-order valence-electron chi connectivity index (χ3n) is 4.27. The summed E-state index contributed by atoms with van der Waals surface area (Å²) in [4.78, 5) is 0.0819. The SMILES string of the molecule is O=S(=O)(c1cccc(Cl)c1)N1N=C(c2ccco2)CC1c1ccc(Cl)cc1. The van der Waals surface area contributed by atoms with E-state index in [1.807, 2.05) is 0 Å². The molecular formula is C19H14Cl2N2O3S. The first kappa shape index (κ1) is 18.1. The molecule has 0 spiro atoms. The Morgan fingerprint density at radius 3 is 2.44 bits per heavy atom. The van der Waals surface area contributed by atoms with Crippen LogP contribution in [0.15, 0.2) is 81.3 Å². The topological polar surface area (TPSA) is 62.9 Å². The average Bonchev–Trinajstić information content (AvgIpc) is 3.32. The molecule has 8 heteroatoms. The number of benzene rings is 2. The third kappa shape index (κ3) is 3.48. The second-order valence-corrected chi connectivity index (χ2v) is 8.70. The maximum Gasteiger partial charge on any atom is 0.279 e. The number of sulfonamides is 1. The summed E-state index contributed by atoms with van der Waals surface area (Å²) in [6, 6.07) is 16.2. The lowest BCUT2D eigenvalue weighted by molar-refractivity contribution is 0.371. The Labute approximate surface area is 166 Å². The molecule has 0 radical (unpaired) electrons. The minimum absolute atomic E-state index is 0.0819. The summed E-state index contributed by atoms with van der Waals surface area (Å²) in [5.41, 5.74) is 1.35. The van der Waals surface area contributed by atoms with Gasteiger partial charge in [0.15, 0.2) is 0 Å². The summed E-state index contributed by atoms with van der Waals surface area (Å²) in [5, 5.41) is 5.30. The van der Waals surface area contributed by atoms with Gasteiger partial charge in [-0.2, -0.15) is 17.9 Å². The molecule has 0 saturated heterocycles. The van der Waals surface area contributed by atoms with Crippen molar-refractivity contribution in [2.45, 2.75) is 17.4 Å². The van der Waals surface area contributed by atoms with Gasteiger partial charge >= 0.3 is 0 Å². The van der Waals surface area contributed by atoms with Gasteiger partial charge in [-0.1, -0.05) is 41.4 Å². The van der Waals surface area contributed by atoms with E-state index in [2.05, 4.69) is 5.10 Å². The molecule has 1 atom stereocenters. The van der Waals surface area contributed by atoms with Crippen LogP contribution in [0.2, 0.25) is 10.0 Å². The zero-order valence-corrected chi connectivity index (χ0v) is 16.2. The largest absolute Gasteiger partial charge is 0.463 e. The summed E-state index contributed by atoms with van der Waals surface area (Å²) >= 11 is 12.0. The van der Waals surface area contributed by atoms with Crippen molar-refractivity contribution in [1.82, 2.24) is 4.41 Å². The fourth-order valence-electron chi connectivity index (χ4n) is 2.97. The summed E-state index contributed by atoms with van der Waals surface area (Å²) in [5.74, 6) is 0.540. The summed E-state index contributed by atoms with van der Waals surface area (Å²) in [7, 11) is -3.91. The second kappa shape index (κ2) is 7.03. The van der Waals surface area contributed by atoms with Crippen LogP contribution < -0.4 is 0 Å². The minimum Gasteiger partial charge on any atom is -0.463 e. The van der Waals surface area contributed by atoms with Gasteiger partial charge in [-0.25, -0.2) is 0 Å². The maximum atomic E-state index is 13.3. The minimum atomic E-state index is -3.91. The molecule has 5 nitrogen and oxygen atoms in total. The maximum absolute atomic E-state index is 13.3. The number of furan rings is 1. The van der Waals surface area contributed by atoms with Gasteiger partial charge in [0, 0.05) is 16.5 Å². The number of hydrogen-bond donors (Lipinski definition) is 0. The van der Waals surface area contributed by atoms with Crippen molar-refractivity contribution < 1.29 is 12.8 Å². The van der Waals surface area contributed by atoms with Crippen LogP contribution in [-0.4, -0.2) is 18.5 Å². The number of hydrazone groups is 1. The Morgan fingerprint density at radius 1 is 1.00 bits per heavy atom. The van der Waals surface area contributed by atoms with Gasteiger partial charge in [0.2, 0.25) is 0 Å². The Kier molecular flexibility index (Phi) is 4.72. The predicted molar refractivity (Wildman–Crippen MR) is 105 cm³/mol. The van der Waals surface area contributed by atoms with Crippen molar-refractivity contribution in [2.24, 2.45) is 5.10 Å². The van der Waals surface area contributed by atoms with Crippen LogP contribution in [-0.2, 0) is 10.0 Å². The van der Waals surface area contributed by atoms with Crippen molar-refractivity contribution in [2.75, 3.05) is 0 Å². The third-order valence-corrected chi connectivity index (χ3v) is 6.44. The number of halogens is 2. The van der Waals surface area contributed by atoms with E-state index in [1.165, 1.54) is 18.4 Å². The fraction of sp³-hybridized carbons (Fsp3) is 0.105. The molecule has 2 aromatic carbocycles. The van der Waals surface area contributed by atoms with Crippen LogP contribution in [0.3, 0.4) is 0 Å². The first-order chi connectivity index (χ1) is 12.9. The van der Waals surface area contributed by atoms with E-state index in [-0.39, 0.29) is 4.90 Å². The lowest BCUT2D eigenvalue weighted by Crippen LogP contribution is -2.27. The van der Waals surface area contributed by atoms with Gasteiger partial charge in [0.25, 0.3) is 10.0 Å². The summed E-state index contributed by atoms with van der Waals surface area (Å²) < 4.78 is 33.0. The average molecular weight is 421 g/mol. The first-order valence-electron chi connectivity index (χ1n) is 8.12. The number of rotatable bonds is 4. The molecule has 1 aliphatic rings. The monoisotopic (exact) mass is 420 g/mol. The first-order valence-corrected chi connectivity index (χ1v) is 10.3. The van der Waals surface area contributed by atoms with Gasteiger partial charge in [-0.3, -0.25) is 0 Å². The van der Waals surface area contributed by atoms with Crippen molar-refractivity contribution in [3.63, 3.8) is 0 Å². The highest BCUT2D eigenvalue weighted by Crippen LogP contribution is 2.37. The van der Waals surface area contributed by atoms with E-state index in [0.29, 0.717) is 27.9 Å². The van der Waals surface area contributed by atoms with Crippen molar-refractivity contribution in [3.8, 4) is 0 Å². The molecule has 2 heterocycles. The summed E-state index contributed by atoms with van der Waals surface area (Å²) in [6.07, 6.45) is 1.91. The van der Waals surface area contributed by atoms with E-state index >= 15 is 0 Å². The van der Waals surface area contributed by atoms with Crippen LogP contribution >= 0.6 is 23.2 Å². The van der Waals surface area contributed by atoms with E-state index in [9.17, 15) is 8.42 Å². The molecule has 0 saturated carbocycles. The molecule has 0 aliphatic carbocycles. The fourth-order valence-corrected chi connectivity index (χ4v) is 4.83. The Morgan fingerprint density at radius 2 is 1.78 bits per heavy atom.